The Labute approximate surface area is 115 Å². The molecule has 104 valence electrons. The van der Waals surface area contributed by atoms with E-state index in [0.29, 0.717) is 11.5 Å². The molecular formula is C15H13FO4. The lowest BCUT2D eigenvalue weighted by Gasteiger charge is -2.09. The average Bonchev–Trinajstić information content (AvgIpc) is 2.45. The fourth-order valence-corrected chi connectivity index (χ4v) is 1.72. The first-order valence-corrected chi connectivity index (χ1v) is 5.88. The largest absolute Gasteiger partial charge is 0.497 e. The maximum Gasteiger partial charge on any atom is 0.336 e. The van der Waals surface area contributed by atoms with Gasteiger partial charge in [0.1, 0.15) is 23.9 Å². The predicted molar refractivity (Wildman–Crippen MR) is 70.7 cm³/mol. The van der Waals surface area contributed by atoms with E-state index in [1.165, 1.54) is 6.07 Å². The minimum atomic E-state index is -1.11. The zero-order valence-electron chi connectivity index (χ0n) is 10.8. The number of aromatic carboxylic acids is 1. The molecule has 20 heavy (non-hydrogen) atoms. The smallest absolute Gasteiger partial charge is 0.336 e. The van der Waals surface area contributed by atoms with Gasteiger partial charge in [-0.05, 0) is 42.5 Å². The fourth-order valence-electron chi connectivity index (χ4n) is 1.72. The van der Waals surface area contributed by atoms with Gasteiger partial charge in [0.15, 0.2) is 0 Å². The predicted octanol–water partition coefficient (Wildman–Crippen LogP) is 3.11. The summed E-state index contributed by atoms with van der Waals surface area (Å²) >= 11 is 0. The minimum absolute atomic E-state index is 0.0221. The normalized spacial score (nSPS) is 10.1. The lowest BCUT2D eigenvalue weighted by molar-refractivity contribution is 0.0694. The van der Waals surface area contributed by atoms with Gasteiger partial charge in [-0.25, -0.2) is 9.18 Å². The van der Waals surface area contributed by atoms with Gasteiger partial charge < -0.3 is 14.6 Å². The Morgan fingerprint density at radius 1 is 1.15 bits per heavy atom. The molecule has 4 nitrogen and oxygen atoms in total. The second kappa shape index (κ2) is 6.06. The van der Waals surface area contributed by atoms with E-state index in [1.54, 1.807) is 31.4 Å². The van der Waals surface area contributed by atoms with Gasteiger partial charge in [0.05, 0.1) is 12.7 Å². The number of methoxy groups -OCH3 is 1. The van der Waals surface area contributed by atoms with Gasteiger partial charge in [0, 0.05) is 5.56 Å². The van der Waals surface area contributed by atoms with Crippen molar-refractivity contribution in [2.75, 3.05) is 7.11 Å². The van der Waals surface area contributed by atoms with Crippen LogP contribution >= 0.6 is 0 Å². The lowest BCUT2D eigenvalue weighted by atomic mass is 10.1. The molecule has 2 rings (SSSR count). The summed E-state index contributed by atoms with van der Waals surface area (Å²) < 4.78 is 23.6. The van der Waals surface area contributed by atoms with Crippen molar-refractivity contribution >= 4 is 5.97 Å². The Hall–Kier alpha value is -2.56. The van der Waals surface area contributed by atoms with E-state index in [0.717, 1.165) is 12.1 Å². The standard InChI is InChI=1S/C15H13FO4/c1-19-12-3-5-13(6-4-12)20-9-10-8-11(16)2-7-14(10)15(17)18/h2-8H,9H2,1H3,(H,17,18). The zero-order valence-corrected chi connectivity index (χ0v) is 10.8. The van der Waals surface area contributed by atoms with E-state index in [1.807, 2.05) is 0 Å². The van der Waals surface area contributed by atoms with Crippen molar-refractivity contribution in [2.45, 2.75) is 6.61 Å². The third kappa shape index (κ3) is 3.26. The Morgan fingerprint density at radius 2 is 1.80 bits per heavy atom. The summed E-state index contributed by atoms with van der Waals surface area (Å²) in [4.78, 5) is 11.0. The lowest BCUT2D eigenvalue weighted by Crippen LogP contribution is -2.06. The molecule has 0 heterocycles. The number of rotatable bonds is 5. The van der Waals surface area contributed by atoms with Gasteiger partial charge >= 0.3 is 5.97 Å². The summed E-state index contributed by atoms with van der Waals surface area (Å²) in [7, 11) is 1.56. The average molecular weight is 276 g/mol. The Bertz CT molecular complexity index is 608. The van der Waals surface area contributed by atoms with Crippen molar-refractivity contribution < 1.29 is 23.8 Å². The number of carbonyl (C=O) groups is 1. The molecule has 0 aliphatic heterocycles. The van der Waals surface area contributed by atoms with Crippen LogP contribution in [0.3, 0.4) is 0 Å². The first-order chi connectivity index (χ1) is 9.60. The summed E-state index contributed by atoms with van der Waals surface area (Å²) in [6.07, 6.45) is 0. The van der Waals surface area contributed by atoms with Crippen LogP contribution in [0.2, 0.25) is 0 Å². The first-order valence-electron chi connectivity index (χ1n) is 5.88. The van der Waals surface area contributed by atoms with E-state index >= 15 is 0 Å². The van der Waals surface area contributed by atoms with Gasteiger partial charge in [-0.1, -0.05) is 0 Å². The molecule has 0 aliphatic rings. The number of hydrogen-bond acceptors (Lipinski definition) is 3. The molecule has 5 heteroatoms. The van der Waals surface area contributed by atoms with Crippen LogP contribution in [0, 0.1) is 5.82 Å². The highest BCUT2D eigenvalue weighted by Crippen LogP contribution is 2.19. The molecule has 0 saturated heterocycles. The number of ether oxygens (including phenoxy) is 2. The SMILES string of the molecule is COc1ccc(OCc2cc(F)ccc2C(=O)O)cc1. The molecule has 0 aromatic heterocycles. The van der Waals surface area contributed by atoms with Crippen molar-refractivity contribution in [3.8, 4) is 11.5 Å². The van der Waals surface area contributed by atoms with E-state index in [2.05, 4.69) is 0 Å². The summed E-state index contributed by atoms with van der Waals surface area (Å²) in [5.74, 6) is -0.373. The molecule has 2 aromatic carbocycles. The van der Waals surface area contributed by atoms with E-state index in [-0.39, 0.29) is 17.7 Å². The van der Waals surface area contributed by atoms with Gasteiger partial charge in [-0.3, -0.25) is 0 Å². The molecule has 0 radical (unpaired) electrons. The number of benzene rings is 2. The van der Waals surface area contributed by atoms with Gasteiger partial charge in [-0.2, -0.15) is 0 Å². The van der Waals surface area contributed by atoms with Crippen LogP contribution in [0.1, 0.15) is 15.9 Å². The van der Waals surface area contributed by atoms with Crippen molar-refractivity contribution in [1.82, 2.24) is 0 Å². The monoisotopic (exact) mass is 276 g/mol. The summed E-state index contributed by atoms with van der Waals surface area (Å²) in [5.41, 5.74) is 0.313. The van der Waals surface area contributed by atoms with E-state index in [9.17, 15) is 9.18 Å². The highest BCUT2D eigenvalue weighted by atomic mass is 19.1. The summed E-state index contributed by atoms with van der Waals surface area (Å²) in [6, 6.07) is 10.3. The number of carboxylic acid groups (broad SMARTS) is 1. The van der Waals surface area contributed by atoms with E-state index < -0.39 is 11.8 Å². The molecule has 1 N–H and O–H groups in total. The van der Waals surface area contributed by atoms with Crippen molar-refractivity contribution in [3.05, 3.63) is 59.4 Å². The molecule has 0 aliphatic carbocycles. The number of halogens is 1. The van der Waals surface area contributed by atoms with Crippen molar-refractivity contribution in [2.24, 2.45) is 0 Å². The van der Waals surface area contributed by atoms with E-state index in [4.69, 9.17) is 14.6 Å². The van der Waals surface area contributed by atoms with Gasteiger partial charge in [0.2, 0.25) is 0 Å². The third-order valence-corrected chi connectivity index (χ3v) is 2.75. The number of hydrogen-bond donors (Lipinski definition) is 1. The second-order valence-electron chi connectivity index (χ2n) is 4.07. The molecular weight excluding hydrogens is 263 g/mol. The topological polar surface area (TPSA) is 55.8 Å². The zero-order chi connectivity index (χ0) is 14.5. The number of carboxylic acids is 1. The second-order valence-corrected chi connectivity index (χ2v) is 4.07. The van der Waals surface area contributed by atoms with Crippen molar-refractivity contribution in [1.29, 1.82) is 0 Å². The van der Waals surface area contributed by atoms with Crippen molar-refractivity contribution in [3.63, 3.8) is 0 Å². The molecule has 0 saturated carbocycles. The van der Waals surface area contributed by atoms with Crippen LogP contribution in [0.15, 0.2) is 42.5 Å². The Kier molecular flexibility index (Phi) is 4.20. The summed E-state index contributed by atoms with van der Waals surface area (Å²) in [5, 5.41) is 9.03. The molecule has 0 unspecified atom stereocenters. The van der Waals surface area contributed by atoms with Crippen LogP contribution in [0.4, 0.5) is 4.39 Å². The van der Waals surface area contributed by atoms with Crippen LogP contribution < -0.4 is 9.47 Å². The first kappa shape index (κ1) is 13.9. The molecule has 0 spiro atoms. The molecule has 0 amide bonds. The molecule has 2 aromatic rings. The Balaban J connectivity index is 2.13. The highest BCUT2D eigenvalue weighted by molar-refractivity contribution is 5.89. The third-order valence-electron chi connectivity index (χ3n) is 2.75. The van der Waals surface area contributed by atoms with Crippen LogP contribution in [0.25, 0.3) is 0 Å². The maximum absolute atomic E-state index is 13.2. The van der Waals surface area contributed by atoms with Gasteiger partial charge in [0.25, 0.3) is 0 Å². The van der Waals surface area contributed by atoms with Crippen LogP contribution in [-0.4, -0.2) is 18.2 Å². The minimum Gasteiger partial charge on any atom is -0.497 e. The summed E-state index contributed by atoms with van der Waals surface area (Å²) in [6.45, 7) is -0.0221. The van der Waals surface area contributed by atoms with Crippen LogP contribution in [-0.2, 0) is 6.61 Å². The molecule has 0 atom stereocenters. The fraction of sp³-hybridized carbons (Fsp3) is 0.133. The quantitative estimate of drug-likeness (QED) is 0.911. The van der Waals surface area contributed by atoms with Gasteiger partial charge in [-0.15, -0.1) is 0 Å². The Morgan fingerprint density at radius 3 is 2.40 bits per heavy atom. The van der Waals surface area contributed by atoms with Crippen LogP contribution in [0.5, 0.6) is 11.5 Å². The molecule has 0 fully saturated rings. The molecule has 0 bridgehead atoms. The highest BCUT2D eigenvalue weighted by Gasteiger charge is 2.11. The maximum atomic E-state index is 13.2.